The summed E-state index contributed by atoms with van der Waals surface area (Å²) >= 11 is 0. The van der Waals surface area contributed by atoms with Gasteiger partial charge in [-0.2, -0.15) is 0 Å². The molecule has 0 saturated carbocycles. The lowest BCUT2D eigenvalue weighted by Gasteiger charge is -2.39. The maximum atomic E-state index is 12.9. The first-order chi connectivity index (χ1) is 14.9. The number of carbonyl (C=O) groups excluding carboxylic acids is 3. The van der Waals surface area contributed by atoms with Crippen LogP contribution in [0.2, 0.25) is 0 Å². The van der Waals surface area contributed by atoms with E-state index in [2.05, 4.69) is 17.1 Å². The van der Waals surface area contributed by atoms with E-state index in [0.29, 0.717) is 44.9 Å². The van der Waals surface area contributed by atoms with Gasteiger partial charge >= 0.3 is 0 Å². The van der Waals surface area contributed by atoms with Crippen LogP contribution in [0.5, 0.6) is 0 Å². The van der Waals surface area contributed by atoms with Gasteiger partial charge in [0.2, 0.25) is 17.7 Å². The normalized spacial score (nSPS) is 19.8. The first-order valence-electron chi connectivity index (χ1n) is 11.3. The number of fused-ring (bicyclic) bond motifs is 2. The van der Waals surface area contributed by atoms with Gasteiger partial charge in [-0.25, -0.2) is 0 Å². The molecular weight excluding hydrogens is 392 g/mol. The van der Waals surface area contributed by atoms with Crippen molar-refractivity contribution in [3.05, 3.63) is 36.0 Å². The third-order valence-electron chi connectivity index (χ3n) is 6.35. The SMILES string of the molecule is CC(C)CN1CC(=O)N2CCN(C(=O)CCCc3c[nH]c4ccccc34)CCC2C1=O. The van der Waals surface area contributed by atoms with Crippen molar-refractivity contribution in [1.82, 2.24) is 19.7 Å². The number of piperazine rings is 1. The van der Waals surface area contributed by atoms with Gasteiger partial charge in [0.15, 0.2) is 0 Å². The van der Waals surface area contributed by atoms with Crippen LogP contribution in [-0.2, 0) is 20.8 Å². The summed E-state index contributed by atoms with van der Waals surface area (Å²) < 4.78 is 0. The van der Waals surface area contributed by atoms with Gasteiger partial charge in [0.05, 0.1) is 6.54 Å². The highest BCUT2D eigenvalue weighted by Crippen LogP contribution is 2.22. The lowest BCUT2D eigenvalue weighted by molar-refractivity contribution is -0.156. The molecule has 1 aromatic carbocycles. The fourth-order valence-electron chi connectivity index (χ4n) is 4.80. The molecule has 2 aliphatic heterocycles. The van der Waals surface area contributed by atoms with E-state index in [1.807, 2.05) is 37.1 Å². The van der Waals surface area contributed by atoms with Crippen LogP contribution in [0.25, 0.3) is 10.9 Å². The largest absolute Gasteiger partial charge is 0.361 e. The fourth-order valence-corrected chi connectivity index (χ4v) is 4.80. The van der Waals surface area contributed by atoms with E-state index in [9.17, 15) is 14.4 Å². The molecule has 1 aromatic heterocycles. The molecule has 31 heavy (non-hydrogen) atoms. The number of nitrogens with zero attached hydrogens (tertiary/aromatic N) is 3. The van der Waals surface area contributed by atoms with Crippen LogP contribution in [0.15, 0.2) is 30.5 Å². The van der Waals surface area contributed by atoms with Crippen LogP contribution >= 0.6 is 0 Å². The Balaban J connectivity index is 1.32. The molecule has 0 aliphatic carbocycles. The molecule has 0 radical (unpaired) electrons. The van der Waals surface area contributed by atoms with E-state index in [0.717, 1.165) is 18.4 Å². The summed E-state index contributed by atoms with van der Waals surface area (Å²) in [5.41, 5.74) is 2.35. The quantitative estimate of drug-likeness (QED) is 0.774. The van der Waals surface area contributed by atoms with Crippen molar-refractivity contribution >= 4 is 28.6 Å². The lowest BCUT2D eigenvalue weighted by Crippen LogP contribution is -2.60. The molecule has 7 heteroatoms. The topological polar surface area (TPSA) is 76.7 Å². The number of aromatic nitrogens is 1. The molecule has 1 atom stereocenters. The number of para-hydroxylation sites is 1. The highest BCUT2D eigenvalue weighted by Gasteiger charge is 2.41. The Morgan fingerprint density at radius 1 is 1.16 bits per heavy atom. The Bertz CT molecular complexity index is 967. The van der Waals surface area contributed by atoms with E-state index in [1.165, 1.54) is 10.9 Å². The molecule has 3 heterocycles. The maximum Gasteiger partial charge on any atom is 0.245 e. The van der Waals surface area contributed by atoms with Crippen LogP contribution in [-0.4, -0.2) is 76.2 Å². The van der Waals surface area contributed by atoms with Gasteiger partial charge in [-0.3, -0.25) is 14.4 Å². The predicted molar refractivity (Wildman–Crippen MR) is 119 cm³/mol. The Hall–Kier alpha value is -2.83. The zero-order valence-corrected chi connectivity index (χ0v) is 18.5. The summed E-state index contributed by atoms with van der Waals surface area (Å²) in [6.07, 6.45) is 4.65. The Morgan fingerprint density at radius 3 is 2.77 bits per heavy atom. The number of carbonyl (C=O) groups is 3. The maximum absolute atomic E-state index is 12.9. The fraction of sp³-hybridized carbons (Fsp3) is 0.542. The lowest BCUT2D eigenvalue weighted by atomic mass is 10.1. The molecule has 0 spiro atoms. The predicted octanol–water partition coefficient (Wildman–Crippen LogP) is 2.42. The van der Waals surface area contributed by atoms with Crippen molar-refractivity contribution in [3.8, 4) is 0 Å². The first-order valence-corrected chi connectivity index (χ1v) is 11.3. The summed E-state index contributed by atoms with van der Waals surface area (Å²) in [6.45, 7) is 6.34. The number of aryl methyl sites for hydroxylation is 1. The van der Waals surface area contributed by atoms with Crippen molar-refractivity contribution in [2.75, 3.05) is 32.7 Å². The second-order valence-corrected chi connectivity index (χ2v) is 9.10. The van der Waals surface area contributed by atoms with Crippen molar-refractivity contribution in [2.24, 2.45) is 5.92 Å². The van der Waals surface area contributed by atoms with Crippen LogP contribution in [0.4, 0.5) is 0 Å². The van der Waals surface area contributed by atoms with Gasteiger partial charge in [-0.1, -0.05) is 32.0 Å². The number of rotatable bonds is 6. The molecule has 3 amide bonds. The van der Waals surface area contributed by atoms with E-state index in [4.69, 9.17) is 0 Å². The van der Waals surface area contributed by atoms with Gasteiger partial charge in [0.1, 0.15) is 6.04 Å². The standard InChI is InChI=1S/C24H32N4O3/c1-17(2)15-27-16-23(30)28-13-12-26(11-10-21(28)24(27)31)22(29)9-5-6-18-14-25-20-8-4-3-7-19(18)20/h3-4,7-8,14,17,21,25H,5-6,9-13,15-16H2,1-2H3. The molecule has 2 aliphatic rings. The molecule has 166 valence electrons. The summed E-state index contributed by atoms with van der Waals surface area (Å²) in [5.74, 6) is 0.462. The molecule has 2 fully saturated rings. The van der Waals surface area contributed by atoms with Gasteiger partial charge in [0.25, 0.3) is 0 Å². The molecule has 1 unspecified atom stereocenters. The number of benzene rings is 1. The monoisotopic (exact) mass is 424 g/mol. The van der Waals surface area contributed by atoms with Gasteiger partial charge in [-0.15, -0.1) is 0 Å². The average Bonchev–Trinajstić information content (AvgIpc) is 3.00. The molecule has 7 nitrogen and oxygen atoms in total. The second kappa shape index (κ2) is 9.12. The number of amides is 3. The van der Waals surface area contributed by atoms with Crippen molar-refractivity contribution < 1.29 is 14.4 Å². The summed E-state index contributed by atoms with van der Waals surface area (Å²) in [5, 5.41) is 1.21. The van der Waals surface area contributed by atoms with E-state index in [-0.39, 0.29) is 24.3 Å². The zero-order chi connectivity index (χ0) is 22.0. The minimum atomic E-state index is -0.427. The zero-order valence-electron chi connectivity index (χ0n) is 18.5. The third kappa shape index (κ3) is 4.60. The molecule has 0 bridgehead atoms. The van der Waals surface area contributed by atoms with Gasteiger partial charge in [-0.05, 0) is 36.8 Å². The minimum Gasteiger partial charge on any atom is -0.361 e. The molecule has 1 N–H and O–H groups in total. The Kier molecular flexibility index (Phi) is 6.30. The van der Waals surface area contributed by atoms with Crippen molar-refractivity contribution in [1.29, 1.82) is 0 Å². The summed E-state index contributed by atoms with van der Waals surface area (Å²) in [6, 6.07) is 7.77. The van der Waals surface area contributed by atoms with Crippen LogP contribution in [0, 0.1) is 5.92 Å². The Labute approximate surface area is 183 Å². The van der Waals surface area contributed by atoms with Crippen LogP contribution in [0.1, 0.15) is 38.7 Å². The van der Waals surface area contributed by atoms with Gasteiger partial charge in [0, 0.05) is 49.7 Å². The molecular formula is C24H32N4O3. The molecule has 2 saturated heterocycles. The third-order valence-corrected chi connectivity index (χ3v) is 6.35. The highest BCUT2D eigenvalue weighted by atomic mass is 16.2. The van der Waals surface area contributed by atoms with E-state index >= 15 is 0 Å². The number of hydrogen-bond donors (Lipinski definition) is 1. The Morgan fingerprint density at radius 2 is 1.97 bits per heavy atom. The van der Waals surface area contributed by atoms with E-state index < -0.39 is 6.04 Å². The molecule has 2 aromatic rings. The van der Waals surface area contributed by atoms with Crippen LogP contribution < -0.4 is 0 Å². The smallest absolute Gasteiger partial charge is 0.245 e. The summed E-state index contributed by atoms with van der Waals surface area (Å²) in [4.78, 5) is 46.9. The van der Waals surface area contributed by atoms with Crippen molar-refractivity contribution in [2.45, 2.75) is 45.6 Å². The highest BCUT2D eigenvalue weighted by molar-refractivity contribution is 5.95. The first kappa shape index (κ1) is 21.4. The second-order valence-electron chi connectivity index (χ2n) is 9.10. The number of H-pyrrole nitrogens is 1. The number of nitrogens with one attached hydrogen (secondary N) is 1. The van der Waals surface area contributed by atoms with Gasteiger partial charge < -0.3 is 19.7 Å². The summed E-state index contributed by atoms with van der Waals surface area (Å²) in [7, 11) is 0. The number of hydrogen-bond acceptors (Lipinski definition) is 3. The van der Waals surface area contributed by atoms with Crippen molar-refractivity contribution in [3.63, 3.8) is 0 Å². The average molecular weight is 425 g/mol. The molecule has 4 rings (SSSR count). The van der Waals surface area contributed by atoms with Crippen LogP contribution in [0.3, 0.4) is 0 Å². The van der Waals surface area contributed by atoms with E-state index in [1.54, 1.807) is 9.80 Å². The minimum absolute atomic E-state index is 0.00103. The number of aromatic amines is 1.